The van der Waals surface area contributed by atoms with Gasteiger partial charge in [-0.15, -0.1) is 0 Å². The number of hydrogen-bond donors (Lipinski definition) is 4. The third-order valence-electron chi connectivity index (χ3n) is 4.21. The van der Waals surface area contributed by atoms with Gasteiger partial charge < -0.3 is 16.2 Å². The van der Waals surface area contributed by atoms with E-state index in [-0.39, 0.29) is 16.3 Å². The van der Waals surface area contributed by atoms with E-state index in [2.05, 4.69) is 5.32 Å². The van der Waals surface area contributed by atoms with Crippen molar-refractivity contribution in [1.82, 2.24) is 0 Å². The minimum Gasteiger partial charge on any atom is -0.507 e. The molecule has 0 radical (unpaired) electrons. The molecule has 130 valence electrons. The Morgan fingerprint density at radius 2 is 1.64 bits per heavy atom. The average molecular weight is 358 g/mol. The van der Waals surface area contributed by atoms with Crippen molar-refractivity contribution in [2.45, 2.75) is 18.7 Å². The molecule has 0 heterocycles. The molecule has 5 N–H and O–H groups in total. The minimum atomic E-state index is -4.41. The number of aryl methyl sites for hydroxylation is 1. The maximum absolute atomic E-state index is 11.4. The fraction of sp³-hybridized carbons (Fsp3) is 0.111. The van der Waals surface area contributed by atoms with Crippen molar-refractivity contribution < 1.29 is 18.1 Å². The van der Waals surface area contributed by atoms with Crippen LogP contribution in [0.5, 0.6) is 5.75 Å². The maximum atomic E-state index is 11.4. The first-order chi connectivity index (χ1) is 11.7. The van der Waals surface area contributed by atoms with Crippen LogP contribution in [0.2, 0.25) is 0 Å². The van der Waals surface area contributed by atoms with Crippen molar-refractivity contribution in [3.8, 4) is 5.75 Å². The van der Waals surface area contributed by atoms with Crippen LogP contribution in [0.25, 0.3) is 10.8 Å². The minimum absolute atomic E-state index is 0.0321. The van der Waals surface area contributed by atoms with Gasteiger partial charge in [-0.3, -0.25) is 4.55 Å². The van der Waals surface area contributed by atoms with Crippen molar-refractivity contribution in [2.24, 2.45) is 0 Å². The van der Waals surface area contributed by atoms with Crippen LogP contribution >= 0.6 is 0 Å². The lowest BCUT2D eigenvalue weighted by Crippen LogP contribution is -2.04. The topological polar surface area (TPSA) is 113 Å². The van der Waals surface area contributed by atoms with E-state index in [0.29, 0.717) is 16.8 Å². The highest BCUT2D eigenvalue weighted by Gasteiger charge is 2.15. The SMILES string of the molecule is Cc1cc2ccc(Nc3ccc(N)c(S(=O)(=O)O)c3)cc2c(O)c1C. The molecule has 0 fully saturated rings. The van der Waals surface area contributed by atoms with Gasteiger partial charge in [0.25, 0.3) is 10.1 Å². The van der Waals surface area contributed by atoms with Crippen molar-refractivity contribution in [2.75, 3.05) is 11.1 Å². The Balaban J connectivity index is 2.04. The largest absolute Gasteiger partial charge is 0.507 e. The molecule has 6 nitrogen and oxygen atoms in total. The number of fused-ring (bicyclic) bond motifs is 1. The molecule has 0 aliphatic heterocycles. The van der Waals surface area contributed by atoms with Gasteiger partial charge in [-0.2, -0.15) is 8.42 Å². The van der Waals surface area contributed by atoms with Gasteiger partial charge in [-0.05, 0) is 60.7 Å². The smallest absolute Gasteiger partial charge is 0.296 e. The van der Waals surface area contributed by atoms with Crippen molar-refractivity contribution in [3.05, 3.63) is 53.6 Å². The van der Waals surface area contributed by atoms with Gasteiger partial charge in [-0.1, -0.05) is 12.1 Å². The zero-order valence-corrected chi connectivity index (χ0v) is 14.6. The summed E-state index contributed by atoms with van der Waals surface area (Å²) in [6.07, 6.45) is 0. The first kappa shape index (κ1) is 17.1. The molecule has 3 rings (SSSR count). The quantitative estimate of drug-likeness (QED) is 0.419. The Hall–Kier alpha value is -2.77. The number of benzene rings is 3. The number of aromatic hydroxyl groups is 1. The summed E-state index contributed by atoms with van der Waals surface area (Å²) < 4.78 is 31.9. The maximum Gasteiger partial charge on any atom is 0.296 e. The van der Waals surface area contributed by atoms with Gasteiger partial charge >= 0.3 is 0 Å². The van der Waals surface area contributed by atoms with Crippen LogP contribution in [0.4, 0.5) is 17.1 Å². The Labute approximate surface area is 145 Å². The molecule has 3 aromatic carbocycles. The molecule has 0 bridgehead atoms. The van der Waals surface area contributed by atoms with E-state index in [4.69, 9.17) is 5.73 Å². The van der Waals surface area contributed by atoms with Crippen LogP contribution in [0, 0.1) is 13.8 Å². The van der Waals surface area contributed by atoms with Gasteiger partial charge in [0.1, 0.15) is 10.6 Å². The van der Waals surface area contributed by atoms with Crippen LogP contribution < -0.4 is 11.1 Å². The lowest BCUT2D eigenvalue weighted by molar-refractivity contribution is 0.477. The molecule has 0 amide bonds. The monoisotopic (exact) mass is 358 g/mol. The lowest BCUT2D eigenvalue weighted by atomic mass is 10.0. The zero-order valence-electron chi connectivity index (χ0n) is 13.7. The van der Waals surface area contributed by atoms with E-state index in [1.807, 2.05) is 32.0 Å². The van der Waals surface area contributed by atoms with Crippen molar-refractivity contribution in [1.29, 1.82) is 0 Å². The number of nitrogens with one attached hydrogen (secondary N) is 1. The van der Waals surface area contributed by atoms with E-state index < -0.39 is 10.1 Å². The number of anilines is 3. The lowest BCUT2D eigenvalue weighted by Gasteiger charge is -2.12. The fourth-order valence-corrected chi connectivity index (χ4v) is 3.34. The predicted molar refractivity (Wildman–Crippen MR) is 99.0 cm³/mol. The highest BCUT2D eigenvalue weighted by molar-refractivity contribution is 7.86. The molecule has 0 spiro atoms. The Bertz CT molecular complexity index is 1090. The first-order valence-electron chi connectivity index (χ1n) is 7.54. The van der Waals surface area contributed by atoms with Crippen LogP contribution in [0.3, 0.4) is 0 Å². The predicted octanol–water partition coefficient (Wildman–Crippen LogP) is 3.73. The number of nitrogens with two attached hydrogens (primary N) is 1. The highest BCUT2D eigenvalue weighted by atomic mass is 32.2. The number of phenols is 1. The third kappa shape index (κ3) is 3.24. The van der Waals surface area contributed by atoms with Crippen LogP contribution in [0.15, 0.2) is 47.4 Å². The zero-order chi connectivity index (χ0) is 18.4. The number of phenolic OH excluding ortho intramolecular Hbond substituents is 1. The molecule has 0 aliphatic carbocycles. The summed E-state index contributed by atoms with van der Waals surface area (Å²) in [5.41, 5.74) is 8.49. The number of hydrogen-bond acceptors (Lipinski definition) is 5. The summed E-state index contributed by atoms with van der Waals surface area (Å²) in [4.78, 5) is -0.354. The van der Waals surface area contributed by atoms with Gasteiger partial charge in [0.15, 0.2) is 0 Å². The van der Waals surface area contributed by atoms with Gasteiger partial charge in [0, 0.05) is 16.8 Å². The molecule has 0 atom stereocenters. The second kappa shape index (κ2) is 5.94. The van der Waals surface area contributed by atoms with Crippen molar-refractivity contribution in [3.63, 3.8) is 0 Å². The molecule has 25 heavy (non-hydrogen) atoms. The molecule has 7 heteroatoms. The summed E-state index contributed by atoms with van der Waals surface area (Å²) in [7, 11) is -4.41. The molecular weight excluding hydrogens is 340 g/mol. The van der Waals surface area contributed by atoms with Crippen molar-refractivity contribution >= 4 is 38.0 Å². The van der Waals surface area contributed by atoms with Gasteiger partial charge in [-0.25, -0.2) is 0 Å². The Morgan fingerprint density at radius 1 is 1.00 bits per heavy atom. The summed E-state index contributed by atoms with van der Waals surface area (Å²) in [5.74, 6) is 0.217. The molecule has 3 aromatic rings. The second-order valence-corrected chi connectivity index (χ2v) is 7.35. The molecular formula is C18H18N2O4S. The Morgan fingerprint density at radius 3 is 2.32 bits per heavy atom. The summed E-state index contributed by atoms with van der Waals surface area (Å²) in [6.45, 7) is 3.79. The van der Waals surface area contributed by atoms with Gasteiger partial charge in [0.2, 0.25) is 0 Å². The van der Waals surface area contributed by atoms with Crippen LogP contribution in [0.1, 0.15) is 11.1 Å². The summed E-state index contributed by atoms with van der Waals surface area (Å²) in [5, 5.41) is 15.0. The molecule has 0 unspecified atom stereocenters. The average Bonchev–Trinajstić information content (AvgIpc) is 2.54. The van der Waals surface area contributed by atoms with E-state index in [0.717, 1.165) is 16.5 Å². The molecule has 0 saturated heterocycles. The van der Waals surface area contributed by atoms with E-state index in [1.165, 1.54) is 12.1 Å². The van der Waals surface area contributed by atoms with Gasteiger partial charge in [0.05, 0.1) is 5.69 Å². The van der Waals surface area contributed by atoms with Crippen LogP contribution in [-0.4, -0.2) is 18.1 Å². The Kier molecular flexibility index (Phi) is 4.06. The third-order valence-corrected chi connectivity index (χ3v) is 5.12. The first-order valence-corrected chi connectivity index (χ1v) is 8.98. The van der Waals surface area contributed by atoms with E-state index in [1.54, 1.807) is 12.1 Å². The molecule has 0 aromatic heterocycles. The normalized spacial score (nSPS) is 11.6. The molecule has 0 saturated carbocycles. The summed E-state index contributed by atoms with van der Waals surface area (Å²) in [6, 6.07) is 11.7. The second-order valence-electron chi connectivity index (χ2n) is 5.96. The van der Waals surface area contributed by atoms with E-state index >= 15 is 0 Å². The van der Waals surface area contributed by atoms with E-state index in [9.17, 15) is 18.1 Å². The fourth-order valence-electron chi connectivity index (χ4n) is 2.70. The highest BCUT2D eigenvalue weighted by Crippen LogP contribution is 2.34. The number of nitrogen functional groups attached to an aromatic ring is 1. The number of rotatable bonds is 3. The standard InChI is InChI=1S/C18H18N2O4S/c1-10-7-12-3-4-13(8-15(12)18(21)11(10)2)20-14-5-6-16(19)17(9-14)25(22,23)24/h3-9,20-21H,19H2,1-2H3,(H,22,23,24). The summed E-state index contributed by atoms with van der Waals surface area (Å²) >= 11 is 0. The molecule has 0 aliphatic rings. The van der Waals surface area contributed by atoms with Crippen LogP contribution in [-0.2, 0) is 10.1 Å².